The number of benzene rings is 1. The monoisotopic (exact) mass is 489 g/mol. The van der Waals surface area contributed by atoms with Crippen LogP contribution < -0.4 is 10.4 Å². The summed E-state index contributed by atoms with van der Waals surface area (Å²) >= 11 is 7.06. The number of rotatable bonds is 4. The molecule has 0 bridgehead atoms. The third-order valence-corrected chi connectivity index (χ3v) is 7.33. The number of amides is 1. The van der Waals surface area contributed by atoms with E-state index in [0.29, 0.717) is 29.5 Å². The second-order valence-corrected chi connectivity index (χ2v) is 9.54. The van der Waals surface area contributed by atoms with Gasteiger partial charge in [-0.3, -0.25) is 19.3 Å². The molecule has 0 unspecified atom stereocenters. The Morgan fingerprint density at radius 1 is 1.27 bits per heavy atom. The Labute approximate surface area is 197 Å². The van der Waals surface area contributed by atoms with Crippen molar-refractivity contribution in [1.82, 2.24) is 19.8 Å². The minimum Gasteiger partial charge on any atom is -0.502 e. The first-order chi connectivity index (χ1) is 15.9. The summed E-state index contributed by atoms with van der Waals surface area (Å²) in [6, 6.07) is 4.43. The van der Waals surface area contributed by atoms with E-state index in [1.807, 2.05) is 11.9 Å². The van der Waals surface area contributed by atoms with Gasteiger partial charge in [0.25, 0.3) is 5.91 Å². The number of aromatic hydroxyl groups is 1. The molecule has 4 heterocycles. The molecule has 8 nitrogen and oxygen atoms in total. The molecule has 0 aliphatic carbocycles. The molecule has 33 heavy (non-hydrogen) atoms. The quantitative estimate of drug-likeness (QED) is 0.604. The van der Waals surface area contributed by atoms with Crippen molar-refractivity contribution in [2.24, 2.45) is 0 Å². The van der Waals surface area contributed by atoms with Crippen LogP contribution >= 0.6 is 22.9 Å². The second kappa shape index (κ2) is 8.42. The Balaban J connectivity index is 1.54. The number of hydrogen-bond donors (Lipinski definition) is 1. The van der Waals surface area contributed by atoms with E-state index >= 15 is 0 Å². The Hall–Kier alpha value is -2.98. The molecule has 0 spiro atoms. The zero-order valence-electron chi connectivity index (χ0n) is 17.8. The molecule has 1 saturated heterocycles. The number of hydrogen-bond acceptors (Lipinski definition) is 7. The molecule has 2 aromatic heterocycles. The van der Waals surface area contributed by atoms with E-state index in [-0.39, 0.29) is 28.4 Å². The van der Waals surface area contributed by atoms with Crippen LogP contribution in [0, 0.1) is 5.82 Å². The number of nitrogens with zero attached hydrogens (tertiary/aromatic N) is 5. The van der Waals surface area contributed by atoms with Crippen molar-refractivity contribution in [3.8, 4) is 16.3 Å². The van der Waals surface area contributed by atoms with Crippen molar-refractivity contribution < 1.29 is 14.3 Å². The van der Waals surface area contributed by atoms with Gasteiger partial charge in [-0.05, 0) is 43.9 Å². The van der Waals surface area contributed by atoms with E-state index in [0.717, 1.165) is 24.8 Å². The summed E-state index contributed by atoms with van der Waals surface area (Å²) in [7, 11) is 0. The van der Waals surface area contributed by atoms with E-state index in [1.165, 1.54) is 23.5 Å². The summed E-state index contributed by atoms with van der Waals surface area (Å²) in [5.41, 5.74) is 0.262. The third-order valence-electron chi connectivity index (χ3n) is 6.09. The van der Waals surface area contributed by atoms with Crippen LogP contribution in [0.5, 0.6) is 5.75 Å². The standard InChI is InChI=1S/C22H21ClFN5O3S/c1-2-27-17-5-3-4-8-28(17)29-11-13(19(30)20(31)18(29)22(27)32)21-26-25-16(33-21)10-12-6-7-15(24)14(23)9-12/h6-7,9,11,17,31H,2-5,8,10H2,1H3/t17-/m1/s1. The highest BCUT2D eigenvalue weighted by molar-refractivity contribution is 7.14. The van der Waals surface area contributed by atoms with Crippen molar-refractivity contribution in [1.29, 1.82) is 0 Å². The zero-order valence-corrected chi connectivity index (χ0v) is 19.4. The first kappa shape index (κ1) is 21.8. The lowest BCUT2D eigenvalue weighted by Gasteiger charge is -2.48. The SMILES string of the molecule is CCN1C(=O)c2c(O)c(=O)c(-c3nnc(Cc4ccc(F)c(Cl)c4)s3)cn2N2CCCC[C@H]12. The summed E-state index contributed by atoms with van der Waals surface area (Å²) in [5, 5.41) is 22.1. The summed E-state index contributed by atoms with van der Waals surface area (Å²) in [6.07, 6.45) is 4.62. The van der Waals surface area contributed by atoms with Crippen LogP contribution in [0.3, 0.4) is 0 Å². The fraction of sp³-hybridized carbons (Fsp3) is 0.364. The average molecular weight is 490 g/mol. The molecule has 11 heteroatoms. The van der Waals surface area contributed by atoms with Crippen LogP contribution in [0.2, 0.25) is 5.02 Å². The molecule has 172 valence electrons. The minimum atomic E-state index is -0.659. The highest BCUT2D eigenvalue weighted by Gasteiger charge is 2.40. The van der Waals surface area contributed by atoms with Gasteiger partial charge in [0.2, 0.25) is 5.43 Å². The normalized spacial score (nSPS) is 17.8. The van der Waals surface area contributed by atoms with Gasteiger partial charge in [0.15, 0.2) is 16.5 Å². The van der Waals surface area contributed by atoms with E-state index in [2.05, 4.69) is 10.2 Å². The Bertz CT molecular complexity index is 1310. The number of pyridine rings is 1. The van der Waals surface area contributed by atoms with Gasteiger partial charge in [-0.2, -0.15) is 0 Å². The van der Waals surface area contributed by atoms with E-state index < -0.39 is 17.0 Å². The van der Waals surface area contributed by atoms with Gasteiger partial charge >= 0.3 is 0 Å². The van der Waals surface area contributed by atoms with E-state index in [1.54, 1.807) is 21.8 Å². The lowest BCUT2D eigenvalue weighted by molar-refractivity contribution is 0.0536. The second-order valence-electron chi connectivity index (χ2n) is 8.07. The summed E-state index contributed by atoms with van der Waals surface area (Å²) < 4.78 is 15.0. The highest BCUT2D eigenvalue weighted by atomic mass is 35.5. The van der Waals surface area contributed by atoms with Gasteiger partial charge < -0.3 is 10.0 Å². The zero-order chi connectivity index (χ0) is 23.3. The lowest BCUT2D eigenvalue weighted by Crippen LogP contribution is -2.62. The van der Waals surface area contributed by atoms with Crippen molar-refractivity contribution in [2.75, 3.05) is 18.1 Å². The van der Waals surface area contributed by atoms with Crippen LogP contribution in [0.25, 0.3) is 10.6 Å². The smallest absolute Gasteiger partial charge is 0.278 e. The molecule has 1 N–H and O–H groups in total. The number of halogens is 2. The molecule has 3 aromatic rings. The van der Waals surface area contributed by atoms with Gasteiger partial charge in [0.1, 0.15) is 17.0 Å². The predicted octanol–water partition coefficient (Wildman–Crippen LogP) is 3.38. The van der Waals surface area contributed by atoms with Crippen molar-refractivity contribution in [3.05, 3.63) is 61.7 Å². The maximum Gasteiger partial charge on any atom is 0.278 e. The molecule has 1 aromatic carbocycles. The van der Waals surface area contributed by atoms with E-state index in [9.17, 15) is 19.1 Å². The third kappa shape index (κ3) is 3.67. The van der Waals surface area contributed by atoms with Gasteiger partial charge in [-0.15, -0.1) is 10.2 Å². The topological polar surface area (TPSA) is 91.6 Å². The summed E-state index contributed by atoms with van der Waals surface area (Å²) in [5.74, 6) is -1.43. The molecule has 1 fully saturated rings. The highest BCUT2D eigenvalue weighted by Crippen LogP contribution is 2.32. The van der Waals surface area contributed by atoms with Gasteiger partial charge in [-0.1, -0.05) is 29.0 Å². The van der Waals surface area contributed by atoms with E-state index in [4.69, 9.17) is 11.6 Å². The molecule has 2 aliphatic heterocycles. The van der Waals surface area contributed by atoms with Crippen molar-refractivity contribution in [3.63, 3.8) is 0 Å². The maximum atomic E-state index is 13.4. The minimum absolute atomic E-state index is 0.0190. The summed E-state index contributed by atoms with van der Waals surface area (Å²) in [4.78, 5) is 27.8. The van der Waals surface area contributed by atoms with Crippen LogP contribution in [-0.4, -0.2) is 50.0 Å². The molecule has 0 radical (unpaired) electrons. The van der Waals surface area contributed by atoms with Crippen LogP contribution in [0.15, 0.2) is 29.2 Å². The number of fused-ring (bicyclic) bond motifs is 3. The first-order valence-electron chi connectivity index (χ1n) is 10.7. The number of piperidine rings is 1. The Kier molecular flexibility index (Phi) is 5.57. The average Bonchev–Trinajstić information content (AvgIpc) is 3.26. The van der Waals surface area contributed by atoms with Crippen LogP contribution in [0.4, 0.5) is 4.39 Å². The van der Waals surface area contributed by atoms with Crippen molar-refractivity contribution >= 4 is 28.8 Å². The van der Waals surface area contributed by atoms with Crippen LogP contribution in [0.1, 0.15) is 47.2 Å². The predicted molar refractivity (Wildman–Crippen MR) is 123 cm³/mol. The first-order valence-corrected chi connectivity index (χ1v) is 11.9. The van der Waals surface area contributed by atoms with Gasteiger partial charge in [0.05, 0.1) is 10.6 Å². The molecule has 5 rings (SSSR count). The maximum absolute atomic E-state index is 13.4. The number of carbonyl (C=O) groups excluding carboxylic acids is 1. The van der Waals surface area contributed by atoms with Gasteiger partial charge in [-0.25, -0.2) is 4.39 Å². The number of carbonyl (C=O) groups is 1. The summed E-state index contributed by atoms with van der Waals surface area (Å²) in [6.45, 7) is 3.08. The fourth-order valence-electron chi connectivity index (χ4n) is 4.49. The fourth-order valence-corrected chi connectivity index (χ4v) is 5.58. The largest absolute Gasteiger partial charge is 0.502 e. The Morgan fingerprint density at radius 3 is 2.85 bits per heavy atom. The molecule has 1 atom stereocenters. The lowest BCUT2D eigenvalue weighted by atomic mass is 10.1. The number of aromatic nitrogens is 3. The van der Waals surface area contributed by atoms with Crippen molar-refractivity contribution in [2.45, 2.75) is 38.8 Å². The molecule has 2 aliphatic rings. The van der Waals surface area contributed by atoms with Crippen LogP contribution in [-0.2, 0) is 6.42 Å². The molecule has 0 saturated carbocycles. The Morgan fingerprint density at radius 2 is 2.09 bits per heavy atom. The molecular formula is C22H21ClFN5O3S. The molecular weight excluding hydrogens is 469 g/mol. The van der Waals surface area contributed by atoms with Gasteiger partial charge in [0, 0.05) is 25.7 Å². The molecule has 1 amide bonds.